The van der Waals surface area contributed by atoms with Crippen molar-refractivity contribution in [3.63, 3.8) is 0 Å². The summed E-state index contributed by atoms with van der Waals surface area (Å²) in [4.78, 5) is 26.0. The Bertz CT molecular complexity index is 736. The molecule has 4 nitrogen and oxygen atoms in total. The zero-order valence-corrected chi connectivity index (χ0v) is 15.4. The second-order valence-electron chi connectivity index (χ2n) is 6.58. The van der Waals surface area contributed by atoms with Crippen LogP contribution in [0.1, 0.15) is 43.4 Å². The summed E-state index contributed by atoms with van der Waals surface area (Å²) in [6.45, 7) is 8.15. The number of carbonyl (C=O) groups excluding carboxylic acids is 2. The summed E-state index contributed by atoms with van der Waals surface area (Å²) in [5.74, 6) is -0.0402. The van der Waals surface area contributed by atoms with Crippen molar-refractivity contribution in [2.24, 2.45) is 0 Å². The zero-order valence-electron chi connectivity index (χ0n) is 15.4. The fourth-order valence-electron chi connectivity index (χ4n) is 2.69. The number of hydrogen-bond donors (Lipinski definition) is 1. The van der Waals surface area contributed by atoms with Gasteiger partial charge in [-0.05, 0) is 30.0 Å². The molecule has 0 aliphatic rings. The molecule has 2 aromatic carbocycles. The normalized spacial score (nSPS) is 10.6. The quantitative estimate of drug-likeness (QED) is 0.871. The number of rotatable bonds is 6. The van der Waals surface area contributed by atoms with Crippen LogP contribution in [0.2, 0.25) is 0 Å². The topological polar surface area (TPSA) is 49.4 Å². The highest BCUT2D eigenvalue weighted by molar-refractivity contribution is 5.98. The molecule has 2 rings (SSSR count). The lowest BCUT2D eigenvalue weighted by molar-refractivity contribution is -0.123. The minimum atomic E-state index is -0.172. The Labute approximate surface area is 149 Å². The second kappa shape index (κ2) is 8.47. The van der Waals surface area contributed by atoms with E-state index in [0.29, 0.717) is 6.54 Å². The summed E-state index contributed by atoms with van der Waals surface area (Å²) in [6.07, 6.45) is 0. The molecule has 0 atom stereocenters. The van der Waals surface area contributed by atoms with Crippen molar-refractivity contribution in [1.29, 1.82) is 0 Å². The van der Waals surface area contributed by atoms with E-state index in [9.17, 15) is 9.59 Å². The average molecular weight is 338 g/mol. The zero-order chi connectivity index (χ0) is 18.4. The predicted octanol–water partition coefficient (Wildman–Crippen LogP) is 3.79. The van der Waals surface area contributed by atoms with Crippen molar-refractivity contribution in [2.75, 3.05) is 11.4 Å². The fraction of sp³-hybridized carbons (Fsp3) is 0.333. The Morgan fingerprint density at radius 1 is 1.04 bits per heavy atom. The van der Waals surface area contributed by atoms with Gasteiger partial charge in [-0.2, -0.15) is 0 Å². The summed E-state index contributed by atoms with van der Waals surface area (Å²) in [6, 6.07) is 15.8. The molecule has 1 N–H and O–H groups in total. The lowest BCUT2D eigenvalue weighted by Gasteiger charge is -2.25. The molecular formula is C21H26N2O2. The predicted molar refractivity (Wildman–Crippen MR) is 102 cm³/mol. The number of anilines is 1. The van der Waals surface area contributed by atoms with Gasteiger partial charge >= 0.3 is 0 Å². The number of nitrogens with one attached hydrogen (secondary N) is 1. The fourth-order valence-corrected chi connectivity index (χ4v) is 2.69. The first-order valence-corrected chi connectivity index (χ1v) is 8.57. The van der Waals surface area contributed by atoms with Crippen LogP contribution in [-0.4, -0.2) is 18.4 Å². The third kappa shape index (κ3) is 5.18. The lowest BCUT2D eigenvalue weighted by atomic mass is 10.0. The van der Waals surface area contributed by atoms with Crippen molar-refractivity contribution >= 4 is 17.5 Å². The Hall–Kier alpha value is -2.62. The number of nitrogens with zero attached hydrogens (tertiary/aromatic N) is 1. The van der Waals surface area contributed by atoms with Crippen molar-refractivity contribution in [1.82, 2.24) is 5.32 Å². The van der Waals surface area contributed by atoms with E-state index < -0.39 is 0 Å². The maximum atomic E-state index is 12.3. The Balaban J connectivity index is 2.07. The molecule has 132 valence electrons. The van der Waals surface area contributed by atoms with Gasteiger partial charge in [-0.1, -0.05) is 61.9 Å². The molecule has 0 unspecified atom stereocenters. The largest absolute Gasteiger partial charge is 0.350 e. The van der Waals surface area contributed by atoms with Crippen molar-refractivity contribution < 1.29 is 9.59 Å². The van der Waals surface area contributed by atoms with E-state index in [1.807, 2.05) is 55.5 Å². The molecule has 0 fully saturated rings. The minimum absolute atomic E-state index is 0.0188. The number of para-hydroxylation sites is 1. The smallest absolute Gasteiger partial charge is 0.240 e. The third-order valence-electron chi connectivity index (χ3n) is 4.14. The van der Waals surface area contributed by atoms with Crippen molar-refractivity contribution in [2.45, 2.75) is 40.2 Å². The second-order valence-corrected chi connectivity index (χ2v) is 6.58. The SMILES string of the molecule is CC(=O)N(CC(=O)NCc1ccc(C)cc1)c1ccccc1C(C)C. The highest BCUT2D eigenvalue weighted by Crippen LogP contribution is 2.27. The van der Waals surface area contributed by atoms with Gasteiger partial charge in [0.05, 0.1) is 0 Å². The van der Waals surface area contributed by atoms with Gasteiger partial charge < -0.3 is 10.2 Å². The van der Waals surface area contributed by atoms with E-state index in [1.54, 1.807) is 4.90 Å². The first kappa shape index (κ1) is 18.7. The van der Waals surface area contributed by atoms with E-state index in [4.69, 9.17) is 0 Å². The number of aryl methyl sites for hydroxylation is 1. The van der Waals surface area contributed by atoms with Crippen LogP contribution in [0.25, 0.3) is 0 Å². The van der Waals surface area contributed by atoms with Crippen molar-refractivity contribution in [3.8, 4) is 0 Å². The molecule has 0 saturated heterocycles. The number of amides is 2. The Kier molecular flexibility index (Phi) is 6.34. The molecule has 0 spiro atoms. The lowest BCUT2D eigenvalue weighted by Crippen LogP contribution is -2.40. The Morgan fingerprint density at radius 2 is 1.68 bits per heavy atom. The molecule has 0 saturated carbocycles. The molecule has 0 bridgehead atoms. The molecule has 0 aliphatic carbocycles. The van der Waals surface area contributed by atoms with E-state index in [0.717, 1.165) is 16.8 Å². The van der Waals surface area contributed by atoms with E-state index in [2.05, 4.69) is 19.2 Å². The third-order valence-corrected chi connectivity index (χ3v) is 4.14. The molecule has 0 radical (unpaired) electrons. The highest BCUT2D eigenvalue weighted by Gasteiger charge is 2.19. The average Bonchev–Trinajstić information content (AvgIpc) is 2.59. The van der Waals surface area contributed by atoms with E-state index >= 15 is 0 Å². The maximum absolute atomic E-state index is 12.3. The van der Waals surface area contributed by atoms with Crippen LogP contribution in [0.4, 0.5) is 5.69 Å². The first-order chi connectivity index (χ1) is 11.9. The highest BCUT2D eigenvalue weighted by atomic mass is 16.2. The van der Waals surface area contributed by atoms with Crippen LogP contribution >= 0.6 is 0 Å². The van der Waals surface area contributed by atoms with Crippen LogP contribution in [-0.2, 0) is 16.1 Å². The molecule has 2 aromatic rings. The van der Waals surface area contributed by atoms with Crippen LogP contribution in [0.3, 0.4) is 0 Å². The van der Waals surface area contributed by atoms with Gasteiger partial charge in [-0.25, -0.2) is 0 Å². The van der Waals surface area contributed by atoms with Gasteiger partial charge in [0.25, 0.3) is 0 Å². The molecular weight excluding hydrogens is 312 g/mol. The number of benzene rings is 2. The monoisotopic (exact) mass is 338 g/mol. The maximum Gasteiger partial charge on any atom is 0.240 e. The minimum Gasteiger partial charge on any atom is -0.350 e. The van der Waals surface area contributed by atoms with Gasteiger partial charge in [0.1, 0.15) is 6.54 Å². The summed E-state index contributed by atoms with van der Waals surface area (Å²) < 4.78 is 0. The first-order valence-electron chi connectivity index (χ1n) is 8.57. The van der Waals surface area contributed by atoms with Gasteiger partial charge in [0.15, 0.2) is 0 Å². The van der Waals surface area contributed by atoms with Crippen LogP contribution in [0, 0.1) is 6.92 Å². The van der Waals surface area contributed by atoms with E-state index in [-0.39, 0.29) is 24.3 Å². The molecule has 0 heterocycles. The number of hydrogen-bond acceptors (Lipinski definition) is 2. The van der Waals surface area contributed by atoms with Crippen LogP contribution in [0.5, 0.6) is 0 Å². The molecule has 0 aromatic heterocycles. The van der Waals surface area contributed by atoms with Gasteiger partial charge in [-0.15, -0.1) is 0 Å². The number of carbonyl (C=O) groups is 2. The summed E-state index contributed by atoms with van der Waals surface area (Å²) in [5.41, 5.74) is 4.08. The summed E-state index contributed by atoms with van der Waals surface area (Å²) >= 11 is 0. The summed E-state index contributed by atoms with van der Waals surface area (Å²) in [5, 5.41) is 2.89. The van der Waals surface area contributed by atoms with E-state index in [1.165, 1.54) is 12.5 Å². The summed E-state index contributed by atoms with van der Waals surface area (Å²) in [7, 11) is 0. The Morgan fingerprint density at radius 3 is 2.28 bits per heavy atom. The van der Waals surface area contributed by atoms with Gasteiger partial charge in [-0.3, -0.25) is 9.59 Å². The molecule has 0 aliphatic heterocycles. The standard InChI is InChI=1S/C21H26N2O2/c1-15(2)19-7-5-6-8-20(19)23(17(4)24)14-21(25)22-13-18-11-9-16(3)10-12-18/h5-12,15H,13-14H2,1-4H3,(H,22,25). The van der Waals surface area contributed by atoms with Crippen LogP contribution < -0.4 is 10.2 Å². The van der Waals surface area contributed by atoms with Crippen LogP contribution in [0.15, 0.2) is 48.5 Å². The molecule has 4 heteroatoms. The molecule has 25 heavy (non-hydrogen) atoms. The van der Waals surface area contributed by atoms with Gasteiger partial charge in [0, 0.05) is 19.2 Å². The van der Waals surface area contributed by atoms with Gasteiger partial charge in [0.2, 0.25) is 11.8 Å². The van der Waals surface area contributed by atoms with Crippen molar-refractivity contribution in [3.05, 3.63) is 65.2 Å². The molecule has 2 amide bonds.